The molecule has 1 aromatic carbocycles. The smallest absolute Gasteiger partial charge is 0.343 e. The molecule has 15 heteroatoms. The van der Waals surface area contributed by atoms with E-state index in [9.17, 15) is 33.9 Å². The van der Waals surface area contributed by atoms with Gasteiger partial charge in [0.1, 0.15) is 19.4 Å². The van der Waals surface area contributed by atoms with Crippen LogP contribution in [0, 0.1) is 0 Å². The number of hydrogen-bond donors (Lipinski definition) is 6. The summed E-state index contributed by atoms with van der Waals surface area (Å²) >= 11 is 0. The minimum absolute atomic E-state index is 0.0498. The number of pyridine rings is 1. The van der Waals surface area contributed by atoms with Crippen molar-refractivity contribution in [2.24, 2.45) is 5.73 Å². The van der Waals surface area contributed by atoms with Crippen LogP contribution >= 0.6 is 0 Å². The molecule has 1 aliphatic rings. The van der Waals surface area contributed by atoms with Crippen LogP contribution in [0.25, 0.3) is 0 Å². The molecule has 0 aliphatic carbocycles. The van der Waals surface area contributed by atoms with Crippen LogP contribution in [-0.4, -0.2) is 77.3 Å². The van der Waals surface area contributed by atoms with E-state index in [1.165, 1.54) is 16.8 Å². The molecule has 4 amide bonds. The number of amides is 4. The van der Waals surface area contributed by atoms with E-state index in [4.69, 9.17) is 15.2 Å². The number of carbonyl (C=O) groups excluding carboxylic acids is 5. The fraction of sp³-hybridized carbons (Fsp3) is 0.467. The van der Waals surface area contributed by atoms with Crippen LogP contribution in [0.15, 0.2) is 47.4 Å². The van der Waals surface area contributed by atoms with Crippen LogP contribution in [0.5, 0.6) is 0 Å². The van der Waals surface area contributed by atoms with Gasteiger partial charge >= 0.3 is 5.97 Å². The summed E-state index contributed by atoms with van der Waals surface area (Å²) in [5.74, 6) is -3.10. The van der Waals surface area contributed by atoms with Crippen molar-refractivity contribution in [2.75, 3.05) is 26.4 Å². The molecule has 0 fully saturated rings. The lowest BCUT2D eigenvalue weighted by molar-refractivity contribution is -0.172. The number of fused-ring (bicyclic) bond motifs is 1. The number of ether oxygens (including phenoxy) is 2. The first-order valence-electron chi connectivity index (χ1n) is 14.4. The highest BCUT2D eigenvalue weighted by atomic mass is 16.6. The van der Waals surface area contributed by atoms with Crippen molar-refractivity contribution in [3.05, 3.63) is 69.6 Å². The Balaban J connectivity index is 1.52. The van der Waals surface area contributed by atoms with Gasteiger partial charge in [-0.05, 0) is 31.9 Å². The molecule has 0 bridgehead atoms. The summed E-state index contributed by atoms with van der Waals surface area (Å²) in [6.45, 7) is 3.58. The fourth-order valence-electron chi connectivity index (χ4n) is 4.65. The third-order valence-electron chi connectivity index (χ3n) is 7.18. The average molecular weight is 629 g/mol. The van der Waals surface area contributed by atoms with Crippen LogP contribution in [0.3, 0.4) is 0 Å². The van der Waals surface area contributed by atoms with Crippen LogP contribution in [0.2, 0.25) is 0 Å². The maximum Gasteiger partial charge on any atom is 0.343 e. The number of aromatic nitrogens is 1. The van der Waals surface area contributed by atoms with Crippen molar-refractivity contribution < 1.29 is 38.6 Å². The van der Waals surface area contributed by atoms with E-state index in [2.05, 4.69) is 21.3 Å². The fourth-order valence-corrected chi connectivity index (χ4v) is 4.65. The minimum atomic E-state index is -1.88. The van der Waals surface area contributed by atoms with Gasteiger partial charge in [0.25, 0.3) is 5.56 Å². The highest BCUT2D eigenvalue weighted by molar-refractivity contribution is 5.92. The predicted octanol–water partition coefficient (Wildman–Crippen LogP) is -1.71. The van der Waals surface area contributed by atoms with Gasteiger partial charge in [-0.2, -0.15) is 0 Å². The van der Waals surface area contributed by atoms with Crippen LogP contribution in [-0.2, 0) is 58.6 Å². The minimum Gasteiger partial charge on any atom is -0.458 e. The summed E-state index contributed by atoms with van der Waals surface area (Å²) in [5.41, 5.74) is 3.14. The SMILES string of the molecule is CC[C@@]1(O)C(=O)OCc2c1ccn(CC(C)(C)OCNC(=O)CNC(=O)[C@H](Cc1ccccc1)NC(=O)CNC(=O)CN)c2=O. The molecule has 15 nitrogen and oxygen atoms in total. The quantitative estimate of drug-likeness (QED) is 0.0969. The van der Waals surface area contributed by atoms with Gasteiger partial charge in [0.2, 0.25) is 23.6 Å². The maximum absolute atomic E-state index is 13.1. The number of nitrogens with one attached hydrogen (secondary N) is 4. The Morgan fingerprint density at radius 2 is 1.73 bits per heavy atom. The van der Waals surface area contributed by atoms with Crippen molar-refractivity contribution >= 4 is 29.6 Å². The Morgan fingerprint density at radius 3 is 2.40 bits per heavy atom. The van der Waals surface area contributed by atoms with E-state index < -0.39 is 58.9 Å². The number of esters is 1. The molecule has 0 unspecified atom stereocenters. The Hall–Kier alpha value is -4.60. The second kappa shape index (κ2) is 15.4. The molecule has 2 heterocycles. The first-order valence-corrected chi connectivity index (χ1v) is 14.4. The van der Waals surface area contributed by atoms with E-state index >= 15 is 0 Å². The molecule has 0 saturated heterocycles. The van der Waals surface area contributed by atoms with Gasteiger partial charge in [-0.25, -0.2) is 4.79 Å². The number of rotatable bonds is 15. The van der Waals surface area contributed by atoms with Crippen molar-refractivity contribution in [3.8, 4) is 0 Å². The Kier molecular flexibility index (Phi) is 11.9. The number of cyclic esters (lactones) is 1. The van der Waals surface area contributed by atoms with Gasteiger partial charge in [-0.3, -0.25) is 24.0 Å². The lowest BCUT2D eigenvalue weighted by Gasteiger charge is -2.32. The molecule has 0 spiro atoms. The lowest BCUT2D eigenvalue weighted by Crippen LogP contribution is -2.52. The highest BCUT2D eigenvalue weighted by Crippen LogP contribution is 2.32. The average Bonchev–Trinajstić information content (AvgIpc) is 3.01. The highest BCUT2D eigenvalue weighted by Gasteiger charge is 2.44. The second-order valence-electron chi connectivity index (χ2n) is 11.1. The number of carbonyl (C=O) groups is 5. The van der Waals surface area contributed by atoms with Gasteiger partial charge in [0, 0.05) is 18.2 Å². The molecular weight excluding hydrogens is 588 g/mol. The van der Waals surface area contributed by atoms with E-state index in [-0.39, 0.29) is 56.9 Å². The monoisotopic (exact) mass is 628 g/mol. The summed E-state index contributed by atoms with van der Waals surface area (Å²) in [7, 11) is 0. The van der Waals surface area contributed by atoms with Crippen molar-refractivity contribution in [2.45, 2.75) is 64.0 Å². The van der Waals surface area contributed by atoms with Gasteiger partial charge < -0.3 is 46.1 Å². The molecule has 244 valence electrons. The van der Waals surface area contributed by atoms with Crippen LogP contribution in [0.4, 0.5) is 0 Å². The Morgan fingerprint density at radius 1 is 1.04 bits per heavy atom. The molecule has 1 aromatic heterocycles. The number of nitrogens with zero attached hydrogens (tertiary/aromatic N) is 1. The van der Waals surface area contributed by atoms with Gasteiger partial charge in [0.05, 0.1) is 37.3 Å². The third kappa shape index (κ3) is 9.44. The summed E-state index contributed by atoms with van der Waals surface area (Å²) in [4.78, 5) is 74.3. The first-order chi connectivity index (χ1) is 21.3. The molecular formula is C30H40N6O9. The van der Waals surface area contributed by atoms with Crippen LogP contribution in [0.1, 0.15) is 43.9 Å². The molecule has 2 aromatic rings. The molecule has 7 N–H and O–H groups in total. The lowest BCUT2D eigenvalue weighted by atomic mass is 9.87. The molecule has 1 aliphatic heterocycles. The summed E-state index contributed by atoms with van der Waals surface area (Å²) in [6, 6.07) is 9.44. The Bertz CT molecular complexity index is 1460. The third-order valence-corrected chi connectivity index (χ3v) is 7.18. The summed E-state index contributed by atoms with van der Waals surface area (Å²) in [6.07, 6.45) is 1.66. The standard InChI is InChI=1S/C30H40N6O9/c1-4-30(43)21-10-11-36(27(41)20(21)16-44-28(30)42)17-29(2,3)45-18-34-24(38)14-33-26(40)22(12-19-8-6-5-7-9-19)35-25(39)15-32-23(37)13-31/h5-11,22,43H,4,12-18,31H2,1-3H3,(H,32,37)(H,33,40)(H,34,38)(H,35,39)/t22-,30-/m0/s1. The van der Waals surface area contributed by atoms with Gasteiger partial charge in [0.15, 0.2) is 5.60 Å². The van der Waals surface area contributed by atoms with Crippen molar-refractivity contribution in [1.82, 2.24) is 25.8 Å². The van der Waals surface area contributed by atoms with Crippen molar-refractivity contribution in [3.63, 3.8) is 0 Å². The number of aliphatic hydroxyl groups is 1. The number of hydrogen-bond acceptors (Lipinski definition) is 10. The molecule has 2 atom stereocenters. The van der Waals surface area contributed by atoms with E-state index in [1.54, 1.807) is 45.0 Å². The summed E-state index contributed by atoms with van der Waals surface area (Å²) < 4.78 is 12.2. The van der Waals surface area contributed by atoms with E-state index in [0.717, 1.165) is 5.56 Å². The number of nitrogens with two attached hydrogens (primary N) is 1. The molecule has 0 saturated carbocycles. The molecule has 45 heavy (non-hydrogen) atoms. The number of benzene rings is 1. The predicted molar refractivity (Wildman–Crippen MR) is 160 cm³/mol. The second-order valence-corrected chi connectivity index (χ2v) is 11.1. The van der Waals surface area contributed by atoms with Crippen molar-refractivity contribution in [1.29, 1.82) is 0 Å². The first kappa shape index (κ1) is 34.9. The zero-order valence-electron chi connectivity index (χ0n) is 25.5. The normalized spacial score (nSPS) is 16.5. The topological polar surface area (TPSA) is 220 Å². The maximum atomic E-state index is 13.1. The van der Waals surface area contributed by atoms with E-state index in [1.807, 2.05) is 6.07 Å². The van der Waals surface area contributed by atoms with Gasteiger partial charge in [-0.15, -0.1) is 0 Å². The zero-order chi connectivity index (χ0) is 33.2. The van der Waals surface area contributed by atoms with Gasteiger partial charge in [-0.1, -0.05) is 37.3 Å². The largest absolute Gasteiger partial charge is 0.458 e. The Labute approximate surface area is 259 Å². The molecule has 3 rings (SSSR count). The molecule has 0 radical (unpaired) electrons. The van der Waals surface area contributed by atoms with E-state index in [0.29, 0.717) is 0 Å². The summed E-state index contributed by atoms with van der Waals surface area (Å²) in [5, 5.41) is 20.6. The van der Waals surface area contributed by atoms with Crippen LogP contribution < -0.4 is 32.6 Å². The zero-order valence-corrected chi connectivity index (χ0v) is 25.5.